The topological polar surface area (TPSA) is 34.4 Å². The zero-order valence-electron chi connectivity index (χ0n) is 10.1. The molecule has 0 atom stereocenters. The molecule has 0 saturated heterocycles. The number of pyridine rings is 1. The van der Waals surface area contributed by atoms with Crippen LogP contribution in [0.5, 0.6) is 0 Å². The van der Waals surface area contributed by atoms with Gasteiger partial charge in [0.15, 0.2) is 6.29 Å². The first-order valence-corrected chi connectivity index (χ1v) is 5.38. The Kier molecular flexibility index (Phi) is 2.34. The van der Waals surface area contributed by atoms with Crippen LogP contribution >= 0.6 is 0 Å². The van der Waals surface area contributed by atoms with Gasteiger partial charge in [-0.1, -0.05) is 26.8 Å². The average Bonchev–Trinajstić information content (AvgIpc) is 2.57. The maximum absolute atomic E-state index is 11.0. The summed E-state index contributed by atoms with van der Waals surface area (Å²) in [6, 6.07) is 3.98. The Balaban J connectivity index is 2.89. The van der Waals surface area contributed by atoms with Crippen LogP contribution in [0.2, 0.25) is 0 Å². The molecule has 2 rings (SSSR count). The number of aromatic nitrogens is 2. The number of carbonyl (C=O) groups excluding carboxylic acids is 1. The van der Waals surface area contributed by atoms with Gasteiger partial charge in [-0.25, -0.2) is 4.98 Å². The number of imidazole rings is 1. The van der Waals surface area contributed by atoms with E-state index in [1.54, 1.807) is 0 Å². The minimum absolute atomic E-state index is 0.0715. The molecule has 0 radical (unpaired) electrons. The van der Waals surface area contributed by atoms with Crippen LogP contribution in [0.15, 0.2) is 18.3 Å². The van der Waals surface area contributed by atoms with E-state index in [9.17, 15) is 4.79 Å². The van der Waals surface area contributed by atoms with Crippen molar-refractivity contribution >= 4 is 11.8 Å². The summed E-state index contributed by atoms with van der Waals surface area (Å²) in [5, 5.41) is 0. The second-order valence-electron chi connectivity index (χ2n) is 5.10. The van der Waals surface area contributed by atoms with Crippen molar-refractivity contribution in [1.29, 1.82) is 0 Å². The number of hydrogen-bond donors (Lipinski definition) is 0. The molecular formula is C13H16N2O. The fraction of sp³-hybridized carbons (Fsp3) is 0.385. The van der Waals surface area contributed by atoms with Crippen LogP contribution in [0, 0.1) is 6.92 Å². The van der Waals surface area contributed by atoms with Gasteiger partial charge in [0, 0.05) is 11.6 Å². The zero-order valence-corrected chi connectivity index (χ0v) is 10.1. The lowest BCUT2D eigenvalue weighted by atomic mass is 9.96. The SMILES string of the molecule is Cc1cccn2c(C(C)(C)C)nc(C=O)c12. The Labute approximate surface area is 95.1 Å². The quantitative estimate of drug-likeness (QED) is 0.687. The Morgan fingerprint density at radius 1 is 1.38 bits per heavy atom. The maximum atomic E-state index is 11.0. The van der Waals surface area contributed by atoms with Crippen molar-refractivity contribution in [2.75, 3.05) is 0 Å². The average molecular weight is 216 g/mol. The molecule has 0 unspecified atom stereocenters. The lowest BCUT2D eigenvalue weighted by Crippen LogP contribution is -2.15. The van der Waals surface area contributed by atoms with E-state index in [4.69, 9.17) is 0 Å². The van der Waals surface area contributed by atoms with E-state index >= 15 is 0 Å². The Bertz CT molecular complexity index is 547. The van der Waals surface area contributed by atoms with Crippen molar-refractivity contribution in [3.05, 3.63) is 35.4 Å². The fourth-order valence-corrected chi connectivity index (χ4v) is 1.95. The molecule has 2 aromatic heterocycles. The second kappa shape index (κ2) is 3.44. The Hall–Kier alpha value is -1.64. The van der Waals surface area contributed by atoms with E-state index in [0.29, 0.717) is 5.69 Å². The monoisotopic (exact) mass is 216 g/mol. The molecule has 16 heavy (non-hydrogen) atoms. The van der Waals surface area contributed by atoms with E-state index in [1.165, 1.54) is 0 Å². The van der Waals surface area contributed by atoms with E-state index in [0.717, 1.165) is 23.2 Å². The molecular weight excluding hydrogens is 200 g/mol. The number of aryl methyl sites for hydroxylation is 1. The molecule has 0 saturated carbocycles. The van der Waals surface area contributed by atoms with E-state index < -0.39 is 0 Å². The summed E-state index contributed by atoms with van der Waals surface area (Å²) in [7, 11) is 0. The van der Waals surface area contributed by atoms with Gasteiger partial charge in [0.2, 0.25) is 0 Å². The highest BCUT2D eigenvalue weighted by atomic mass is 16.1. The third-order valence-electron chi connectivity index (χ3n) is 2.68. The standard InChI is InChI=1S/C13H16N2O/c1-9-6-5-7-15-11(9)10(8-16)14-12(15)13(2,3)4/h5-8H,1-4H3. The highest BCUT2D eigenvalue weighted by Crippen LogP contribution is 2.25. The van der Waals surface area contributed by atoms with E-state index in [2.05, 4.69) is 25.8 Å². The van der Waals surface area contributed by atoms with Gasteiger partial charge in [-0.3, -0.25) is 4.79 Å². The molecule has 0 fully saturated rings. The predicted molar refractivity (Wildman–Crippen MR) is 64.0 cm³/mol. The maximum Gasteiger partial charge on any atom is 0.170 e. The summed E-state index contributed by atoms with van der Waals surface area (Å²) in [5.74, 6) is 0.924. The van der Waals surface area contributed by atoms with Gasteiger partial charge < -0.3 is 4.40 Å². The van der Waals surface area contributed by atoms with Gasteiger partial charge in [0.05, 0.1) is 5.52 Å². The van der Waals surface area contributed by atoms with Gasteiger partial charge in [-0.15, -0.1) is 0 Å². The van der Waals surface area contributed by atoms with Crippen LogP contribution in [-0.4, -0.2) is 15.7 Å². The van der Waals surface area contributed by atoms with E-state index in [1.807, 2.05) is 29.7 Å². The summed E-state index contributed by atoms with van der Waals surface area (Å²) in [4.78, 5) is 15.5. The van der Waals surface area contributed by atoms with E-state index in [-0.39, 0.29) is 5.41 Å². The zero-order chi connectivity index (χ0) is 11.9. The summed E-state index contributed by atoms with van der Waals surface area (Å²) in [5.41, 5.74) is 2.45. The van der Waals surface area contributed by atoms with Gasteiger partial charge in [-0.2, -0.15) is 0 Å². The summed E-state index contributed by atoms with van der Waals surface area (Å²) < 4.78 is 2.01. The molecule has 2 aromatic rings. The van der Waals surface area contributed by atoms with Crippen molar-refractivity contribution in [1.82, 2.24) is 9.38 Å². The summed E-state index contributed by atoms with van der Waals surface area (Å²) >= 11 is 0. The normalized spacial score (nSPS) is 12.0. The minimum atomic E-state index is -0.0715. The number of hydrogen-bond acceptors (Lipinski definition) is 2. The fourth-order valence-electron chi connectivity index (χ4n) is 1.95. The van der Waals surface area contributed by atoms with Gasteiger partial charge >= 0.3 is 0 Å². The molecule has 0 bridgehead atoms. The van der Waals surface area contributed by atoms with Gasteiger partial charge in [-0.05, 0) is 18.6 Å². The molecule has 84 valence electrons. The van der Waals surface area contributed by atoms with Crippen LogP contribution in [0.4, 0.5) is 0 Å². The molecule has 3 heteroatoms. The first-order chi connectivity index (χ1) is 7.45. The van der Waals surface area contributed by atoms with Crippen LogP contribution in [0.25, 0.3) is 5.52 Å². The van der Waals surface area contributed by atoms with Crippen LogP contribution in [0.3, 0.4) is 0 Å². The van der Waals surface area contributed by atoms with Gasteiger partial charge in [0.25, 0.3) is 0 Å². The Morgan fingerprint density at radius 2 is 2.06 bits per heavy atom. The van der Waals surface area contributed by atoms with Crippen LogP contribution in [0.1, 0.15) is 42.6 Å². The molecule has 0 aliphatic rings. The largest absolute Gasteiger partial charge is 0.302 e. The second-order valence-corrected chi connectivity index (χ2v) is 5.10. The smallest absolute Gasteiger partial charge is 0.170 e. The number of nitrogens with zero attached hydrogens (tertiary/aromatic N) is 2. The summed E-state index contributed by atoms with van der Waals surface area (Å²) in [6.45, 7) is 8.28. The molecule has 0 amide bonds. The highest BCUT2D eigenvalue weighted by molar-refractivity contribution is 5.85. The lowest BCUT2D eigenvalue weighted by Gasteiger charge is -2.16. The predicted octanol–water partition coefficient (Wildman–Crippen LogP) is 2.75. The third-order valence-corrected chi connectivity index (χ3v) is 2.68. The molecule has 0 spiro atoms. The number of carbonyl (C=O) groups is 1. The summed E-state index contributed by atoms with van der Waals surface area (Å²) in [6.07, 6.45) is 2.79. The van der Waals surface area contributed by atoms with Crippen LogP contribution < -0.4 is 0 Å². The third kappa shape index (κ3) is 1.52. The molecule has 0 N–H and O–H groups in total. The van der Waals surface area contributed by atoms with Crippen molar-refractivity contribution < 1.29 is 4.79 Å². The first-order valence-electron chi connectivity index (χ1n) is 5.38. The number of rotatable bonds is 1. The first kappa shape index (κ1) is 10.9. The van der Waals surface area contributed by atoms with Gasteiger partial charge in [0.1, 0.15) is 11.5 Å². The molecule has 3 nitrogen and oxygen atoms in total. The van der Waals surface area contributed by atoms with Crippen molar-refractivity contribution in [2.45, 2.75) is 33.1 Å². The van der Waals surface area contributed by atoms with Crippen LogP contribution in [-0.2, 0) is 5.41 Å². The molecule has 0 aliphatic carbocycles. The van der Waals surface area contributed by atoms with Crippen molar-refractivity contribution in [2.24, 2.45) is 0 Å². The lowest BCUT2D eigenvalue weighted by molar-refractivity contribution is 0.112. The highest BCUT2D eigenvalue weighted by Gasteiger charge is 2.22. The van der Waals surface area contributed by atoms with Crippen molar-refractivity contribution in [3.63, 3.8) is 0 Å². The molecule has 0 aromatic carbocycles. The minimum Gasteiger partial charge on any atom is -0.302 e. The molecule has 2 heterocycles. The molecule has 0 aliphatic heterocycles. The number of aldehydes is 1. The Morgan fingerprint density at radius 3 is 2.62 bits per heavy atom. The van der Waals surface area contributed by atoms with Crippen molar-refractivity contribution in [3.8, 4) is 0 Å². The number of fused-ring (bicyclic) bond motifs is 1.